The standard InChI is InChI=1S/C27H25N3O7/c1-16(2)11-12-37-24-15-22(30(34)35)18(14-23(24)36-3)13-20-25(31)28-27(33)29(26(20)32)21-10-6-8-17-7-4-5-9-19(17)21/h4-10,13-16H,11-12H2,1-3H3,(H,28,31,33). The summed E-state index contributed by atoms with van der Waals surface area (Å²) < 4.78 is 11.0. The number of ether oxygens (including phenoxy) is 2. The molecule has 190 valence electrons. The number of imide groups is 2. The van der Waals surface area contributed by atoms with Crippen LogP contribution in [0, 0.1) is 16.0 Å². The molecule has 1 saturated heterocycles. The maximum Gasteiger partial charge on any atom is 0.335 e. The molecule has 0 bridgehead atoms. The molecule has 0 saturated carbocycles. The van der Waals surface area contributed by atoms with Crippen molar-refractivity contribution in [3.05, 3.63) is 75.8 Å². The van der Waals surface area contributed by atoms with Gasteiger partial charge in [-0.05, 0) is 35.9 Å². The highest BCUT2D eigenvalue weighted by molar-refractivity contribution is 6.40. The second kappa shape index (κ2) is 10.5. The molecule has 1 aliphatic heterocycles. The van der Waals surface area contributed by atoms with Gasteiger partial charge in [-0.25, -0.2) is 9.69 Å². The molecule has 0 unspecified atom stereocenters. The third-order valence-corrected chi connectivity index (χ3v) is 5.87. The molecule has 4 amide bonds. The van der Waals surface area contributed by atoms with Crippen LogP contribution in [0.15, 0.2) is 60.2 Å². The van der Waals surface area contributed by atoms with Gasteiger partial charge in [0.05, 0.1) is 36.0 Å². The molecule has 10 nitrogen and oxygen atoms in total. The Morgan fingerprint density at radius 3 is 2.49 bits per heavy atom. The second-order valence-electron chi connectivity index (χ2n) is 8.81. The topological polar surface area (TPSA) is 128 Å². The van der Waals surface area contributed by atoms with Crippen LogP contribution >= 0.6 is 0 Å². The quantitative estimate of drug-likeness (QED) is 0.201. The molecular formula is C27H25N3O7. The zero-order chi connectivity index (χ0) is 26.7. The first kappa shape index (κ1) is 25.4. The Morgan fingerprint density at radius 2 is 1.78 bits per heavy atom. The maximum absolute atomic E-state index is 13.5. The molecule has 3 aromatic carbocycles. The minimum absolute atomic E-state index is 0.0521. The van der Waals surface area contributed by atoms with Crippen LogP contribution in [0.4, 0.5) is 16.2 Å². The van der Waals surface area contributed by atoms with E-state index < -0.39 is 28.3 Å². The van der Waals surface area contributed by atoms with E-state index in [1.807, 2.05) is 32.0 Å². The summed E-state index contributed by atoms with van der Waals surface area (Å²) in [6.07, 6.45) is 1.82. The number of hydrogen-bond donors (Lipinski definition) is 1. The number of benzene rings is 3. The number of carbonyl (C=O) groups excluding carboxylic acids is 3. The molecule has 0 atom stereocenters. The Morgan fingerprint density at radius 1 is 1.05 bits per heavy atom. The highest BCUT2D eigenvalue weighted by Crippen LogP contribution is 2.37. The summed E-state index contributed by atoms with van der Waals surface area (Å²) in [7, 11) is 1.38. The number of fused-ring (bicyclic) bond motifs is 1. The summed E-state index contributed by atoms with van der Waals surface area (Å²) in [5.41, 5.74) is -0.600. The number of nitro benzene ring substituents is 1. The highest BCUT2D eigenvalue weighted by Gasteiger charge is 2.38. The first-order valence-corrected chi connectivity index (χ1v) is 11.6. The van der Waals surface area contributed by atoms with Crippen molar-refractivity contribution in [1.82, 2.24) is 5.32 Å². The number of nitro groups is 1. The van der Waals surface area contributed by atoms with Crippen molar-refractivity contribution in [2.45, 2.75) is 20.3 Å². The van der Waals surface area contributed by atoms with Gasteiger partial charge in [0.1, 0.15) is 5.57 Å². The number of methoxy groups -OCH3 is 1. The fourth-order valence-electron chi connectivity index (χ4n) is 3.95. The largest absolute Gasteiger partial charge is 0.493 e. The number of rotatable bonds is 8. The molecule has 4 rings (SSSR count). The summed E-state index contributed by atoms with van der Waals surface area (Å²) in [6, 6.07) is 13.9. The first-order chi connectivity index (χ1) is 17.7. The minimum atomic E-state index is -0.961. The number of carbonyl (C=O) groups is 3. The molecule has 37 heavy (non-hydrogen) atoms. The molecule has 1 heterocycles. The van der Waals surface area contributed by atoms with Gasteiger partial charge in [-0.1, -0.05) is 50.2 Å². The third-order valence-electron chi connectivity index (χ3n) is 5.87. The van der Waals surface area contributed by atoms with Gasteiger partial charge in [0.2, 0.25) is 0 Å². The first-order valence-electron chi connectivity index (χ1n) is 11.6. The van der Waals surface area contributed by atoms with Crippen LogP contribution in [-0.2, 0) is 9.59 Å². The van der Waals surface area contributed by atoms with Crippen molar-refractivity contribution in [3.63, 3.8) is 0 Å². The molecule has 1 N–H and O–H groups in total. The summed E-state index contributed by atoms with van der Waals surface area (Å²) in [5.74, 6) is -1.13. The van der Waals surface area contributed by atoms with Crippen LogP contribution < -0.4 is 19.7 Å². The molecule has 0 radical (unpaired) electrons. The van der Waals surface area contributed by atoms with Gasteiger partial charge >= 0.3 is 6.03 Å². The Hall–Kier alpha value is -4.73. The molecule has 0 aliphatic carbocycles. The van der Waals surface area contributed by atoms with E-state index >= 15 is 0 Å². The van der Waals surface area contributed by atoms with E-state index in [1.165, 1.54) is 19.2 Å². The van der Waals surface area contributed by atoms with Crippen LogP contribution in [0.25, 0.3) is 16.8 Å². The SMILES string of the molecule is COc1cc(C=C2C(=O)NC(=O)N(c3cccc4ccccc34)C2=O)c([N+](=O)[O-])cc1OCCC(C)C. The van der Waals surface area contributed by atoms with Gasteiger partial charge in [-0.3, -0.25) is 25.0 Å². The number of nitrogens with one attached hydrogen (secondary N) is 1. The van der Waals surface area contributed by atoms with Gasteiger partial charge in [-0.2, -0.15) is 0 Å². The lowest BCUT2D eigenvalue weighted by Crippen LogP contribution is -2.54. The van der Waals surface area contributed by atoms with Crippen LogP contribution in [0.2, 0.25) is 0 Å². The predicted molar refractivity (Wildman–Crippen MR) is 138 cm³/mol. The van der Waals surface area contributed by atoms with Gasteiger partial charge < -0.3 is 9.47 Å². The number of hydrogen-bond acceptors (Lipinski definition) is 7. The molecule has 1 fully saturated rings. The molecular weight excluding hydrogens is 478 g/mol. The Labute approximate surface area is 212 Å². The van der Waals surface area contributed by atoms with Crippen molar-refractivity contribution in [3.8, 4) is 11.5 Å². The van der Waals surface area contributed by atoms with E-state index in [0.29, 0.717) is 17.9 Å². The van der Waals surface area contributed by atoms with Gasteiger partial charge in [0, 0.05) is 5.39 Å². The molecule has 3 aromatic rings. The van der Waals surface area contributed by atoms with E-state index in [4.69, 9.17) is 9.47 Å². The molecule has 0 aromatic heterocycles. The van der Waals surface area contributed by atoms with Crippen LogP contribution in [0.3, 0.4) is 0 Å². The normalized spacial score (nSPS) is 14.9. The van der Waals surface area contributed by atoms with E-state index in [0.717, 1.165) is 22.8 Å². The van der Waals surface area contributed by atoms with Crippen LogP contribution in [0.5, 0.6) is 11.5 Å². The van der Waals surface area contributed by atoms with Crippen molar-refractivity contribution in [2.24, 2.45) is 5.92 Å². The summed E-state index contributed by atoms with van der Waals surface area (Å²) >= 11 is 0. The highest BCUT2D eigenvalue weighted by atomic mass is 16.6. The Kier molecular flexibility index (Phi) is 7.19. The minimum Gasteiger partial charge on any atom is -0.493 e. The third kappa shape index (κ3) is 5.13. The fraction of sp³-hybridized carbons (Fsp3) is 0.222. The van der Waals surface area contributed by atoms with Crippen molar-refractivity contribution < 1.29 is 28.8 Å². The number of anilines is 1. The number of amides is 4. The number of nitrogens with zero attached hydrogens (tertiary/aromatic N) is 2. The van der Waals surface area contributed by atoms with Gasteiger partial charge in [0.25, 0.3) is 17.5 Å². The van der Waals surface area contributed by atoms with E-state index in [2.05, 4.69) is 5.32 Å². The molecule has 10 heteroatoms. The van der Waals surface area contributed by atoms with Crippen molar-refractivity contribution >= 4 is 46.1 Å². The Balaban J connectivity index is 1.78. The van der Waals surface area contributed by atoms with Crippen LogP contribution in [0.1, 0.15) is 25.8 Å². The summed E-state index contributed by atoms with van der Waals surface area (Å²) in [4.78, 5) is 51.0. The average Bonchev–Trinajstić information content (AvgIpc) is 2.86. The second-order valence-corrected chi connectivity index (χ2v) is 8.81. The smallest absolute Gasteiger partial charge is 0.335 e. The zero-order valence-corrected chi connectivity index (χ0v) is 20.5. The lowest BCUT2D eigenvalue weighted by molar-refractivity contribution is -0.385. The lowest BCUT2D eigenvalue weighted by atomic mass is 10.0. The monoisotopic (exact) mass is 503 g/mol. The lowest BCUT2D eigenvalue weighted by Gasteiger charge is -2.27. The van der Waals surface area contributed by atoms with E-state index in [1.54, 1.807) is 24.3 Å². The van der Waals surface area contributed by atoms with E-state index in [-0.39, 0.29) is 28.4 Å². The molecule has 1 aliphatic rings. The fourth-order valence-corrected chi connectivity index (χ4v) is 3.95. The maximum atomic E-state index is 13.5. The van der Waals surface area contributed by atoms with Gasteiger partial charge in [0.15, 0.2) is 11.5 Å². The summed E-state index contributed by atoms with van der Waals surface area (Å²) in [5, 5.41) is 15.4. The van der Waals surface area contributed by atoms with Crippen molar-refractivity contribution in [2.75, 3.05) is 18.6 Å². The summed E-state index contributed by atoms with van der Waals surface area (Å²) in [6.45, 7) is 4.38. The van der Waals surface area contributed by atoms with E-state index in [9.17, 15) is 24.5 Å². The predicted octanol–water partition coefficient (Wildman–Crippen LogP) is 4.85. The zero-order valence-electron chi connectivity index (χ0n) is 20.5. The van der Waals surface area contributed by atoms with Gasteiger partial charge in [-0.15, -0.1) is 0 Å². The van der Waals surface area contributed by atoms with Crippen LogP contribution in [-0.4, -0.2) is 36.5 Å². The average molecular weight is 504 g/mol. The number of barbiturate groups is 1. The Bertz CT molecular complexity index is 1440. The molecule has 0 spiro atoms. The number of urea groups is 1. The van der Waals surface area contributed by atoms with Crippen molar-refractivity contribution in [1.29, 1.82) is 0 Å².